The summed E-state index contributed by atoms with van der Waals surface area (Å²) < 4.78 is 7.19. The van der Waals surface area contributed by atoms with Gasteiger partial charge in [-0.1, -0.05) is 30.3 Å². The lowest BCUT2D eigenvalue weighted by Gasteiger charge is -2.27. The fraction of sp³-hybridized carbons (Fsp3) is 0.333. The number of aromatic nitrogens is 4. The summed E-state index contributed by atoms with van der Waals surface area (Å²) in [6.45, 7) is 3.96. The first-order valence-electron chi connectivity index (χ1n) is 12.5. The van der Waals surface area contributed by atoms with Crippen molar-refractivity contribution in [3.8, 4) is 11.3 Å². The van der Waals surface area contributed by atoms with E-state index in [9.17, 15) is 4.79 Å². The lowest BCUT2D eigenvalue weighted by atomic mass is 10.1. The minimum absolute atomic E-state index is 0.0160. The summed E-state index contributed by atoms with van der Waals surface area (Å²) in [5, 5.41) is 10.8. The van der Waals surface area contributed by atoms with Gasteiger partial charge in [-0.15, -0.1) is 5.10 Å². The molecule has 0 atom stereocenters. The summed E-state index contributed by atoms with van der Waals surface area (Å²) >= 11 is 0. The van der Waals surface area contributed by atoms with E-state index in [1.54, 1.807) is 4.52 Å². The van der Waals surface area contributed by atoms with Gasteiger partial charge in [-0.25, -0.2) is 9.50 Å². The Balaban J connectivity index is 1.10. The molecule has 9 heteroatoms. The van der Waals surface area contributed by atoms with Crippen molar-refractivity contribution in [2.75, 3.05) is 41.8 Å². The van der Waals surface area contributed by atoms with E-state index >= 15 is 0 Å². The highest BCUT2D eigenvalue weighted by Crippen LogP contribution is 2.32. The monoisotopic (exact) mass is 483 g/mol. The van der Waals surface area contributed by atoms with Crippen LogP contribution in [0.2, 0.25) is 0 Å². The predicted molar refractivity (Wildman–Crippen MR) is 139 cm³/mol. The molecule has 1 aliphatic heterocycles. The first-order chi connectivity index (χ1) is 17.7. The molecule has 3 aromatic heterocycles. The molecule has 2 aliphatic rings. The van der Waals surface area contributed by atoms with E-state index in [2.05, 4.69) is 67.0 Å². The molecule has 2 N–H and O–H groups in total. The van der Waals surface area contributed by atoms with Gasteiger partial charge in [0.1, 0.15) is 5.82 Å². The Morgan fingerprint density at radius 2 is 1.86 bits per heavy atom. The van der Waals surface area contributed by atoms with Crippen LogP contribution in [0.4, 0.5) is 17.5 Å². The summed E-state index contributed by atoms with van der Waals surface area (Å²) in [4.78, 5) is 23.5. The number of hydrogen-bond acceptors (Lipinski definition) is 7. The number of amides is 1. The third kappa shape index (κ3) is 5.16. The third-order valence-electron chi connectivity index (χ3n) is 6.61. The maximum absolute atomic E-state index is 12.2. The number of pyridine rings is 2. The normalized spacial score (nSPS) is 15.7. The highest BCUT2D eigenvalue weighted by Gasteiger charge is 2.25. The van der Waals surface area contributed by atoms with Crippen LogP contribution >= 0.6 is 0 Å². The topological polar surface area (TPSA) is 96.7 Å². The van der Waals surface area contributed by atoms with E-state index in [1.807, 2.05) is 24.4 Å². The Kier molecular flexibility index (Phi) is 6.21. The van der Waals surface area contributed by atoms with E-state index in [4.69, 9.17) is 4.74 Å². The molecule has 6 rings (SSSR count). The van der Waals surface area contributed by atoms with E-state index in [0.29, 0.717) is 30.5 Å². The van der Waals surface area contributed by atoms with Crippen molar-refractivity contribution < 1.29 is 9.53 Å². The molecule has 1 saturated heterocycles. The number of carbonyl (C=O) groups is 1. The Morgan fingerprint density at radius 3 is 2.61 bits per heavy atom. The molecule has 4 aromatic rings. The van der Waals surface area contributed by atoms with Crippen LogP contribution in [-0.2, 0) is 16.1 Å². The molecule has 184 valence electrons. The van der Waals surface area contributed by atoms with Crippen molar-refractivity contribution in [1.82, 2.24) is 19.6 Å². The van der Waals surface area contributed by atoms with Crippen molar-refractivity contribution in [2.24, 2.45) is 5.92 Å². The van der Waals surface area contributed by atoms with Crippen LogP contribution in [0.1, 0.15) is 24.8 Å². The van der Waals surface area contributed by atoms with Crippen molar-refractivity contribution in [2.45, 2.75) is 25.8 Å². The van der Waals surface area contributed by atoms with Gasteiger partial charge in [0.05, 0.1) is 30.8 Å². The summed E-state index contributed by atoms with van der Waals surface area (Å²) in [6.07, 6.45) is 4.71. The number of hydrogen-bond donors (Lipinski definition) is 2. The smallest absolute Gasteiger partial charge is 0.249 e. The zero-order chi connectivity index (χ0) is 24.3. The molecule has 36 heavy (non-hydrogen) atoms. The molecule has 0 bridgehead atoms. The molecule has 9 nitrogen and oxygen atoms in total. The second kappa shape index (κ2) is 9.94. The summed E-state index contributed by atoms with van der Waals surface area (Å²) in [5.41, 5.74) is 4.80. The van der Waals surface area contributed by atoms with Gasteiger partial charge < -0.3 is 15.0 Å². The van der Waals surface area contributed by atoms with Crippen molar-refractivity contribution in [1.29, 1.82) is 0 Å². The standard InChI is InChI=1S/C27H29N7O2/c35-26(16-19-4-5-19)31-27-30-25-3-1-2-23(34(25)32-27)21-8-6-20(7-9-21)17-28-22-10-11-24(29-18-22)33-12-14-36-15-13-33/h1-3,6-11,18-19,28H,4-5,12-17H2,(H,31,32,35). The Morgan fingerprint density at radius 1 is 1.03 bits per heavy atom. The number of nitrogens with zero attached hydrogens (tertiary/aromatic N) is 5. The van der Waals surface area contributed by atoms with Crippen LogP contribution in [0.3, 0.4) is 0 Å². The average molecular weight is 484 g/mol. The summed E-state index contributed by atoms with van der Waals surface area (Å²) in [5.74, 6) is 1.84. The number of carbonyl (C=O) groups excluding carboxylic acids is 1. The van der Waals surface area contributed by atoms with Gasteiger partial charge in [0, 0.05) is 31.6 Å². The molecular weight excluding hydrogens is 454 g/mol. The first-order valence-corrected chi connectivity index (χ1v) is 12.5. The van der Waals surface area contributed by atoms with Crippen molar-refractivity contribution in [3.05, 3.63) is 66.4 Å². The minimum atomic E-state index is -0.0160. The maximum Gasteiger partial charge on any atom is 0.249 e. The van der Waals surface area contributed by atoms with Crippen LogP contribution in [0, 0.1) is 5.92 Å². The van der Waals surface area contributed by atoms with Gasteiger partial charge in [-0.2, -0.15) is 4.98 Å². The number of morpholine rings is 1. The quantitative estimate of drug-likeness (QED) is 0.391. The number of fused-ring (bicyclic) bond motifs is 1. The van der Waals surface area contributed by atoms with Crippen molar-refractivity contribution >= 4 is 29.0 Å². The van der Waals surface area contributed by atoms with E-state index in [0.717, 1.165) is 67.5 Å². The minimum Gasteiger partial charge on any atom is -0.380 e. The average Bonchev–Trinajstić information content (AvgIpc) is 3.63. The molecule has 1 aromatic carbocycles. The highest BCUT2D eigenvalue weighted by molar-refractivity contribution is 5.89. The second-order valence-electron chi connectivity index (χ2n) is 9.37. The Bertz CT molecular complexity index is 1340. The van der Waals surface area contributed by atoms with Crippen LogP contribution in [0.15, 0.2) is 60.8 Å². The van der Waals surface area contributed by atoms with E-state index in [1.165, 1.54) is 0 Å². The van der Waals surface area contributed by atoms with Gasteiger partial charge >= 0.3 is 0 Å². The Hall–Kier alpha value is -3.98. The zero-order valence-corrected chi connectivity index (χ0v) is 20.1. The van der Waals surface area contributed by atoms with Gasteiger partial charge in [0.2, 0.25) is 11.9 Å². The van der Waals surface area contributed by atoms with Gasteiger partial charge in [0.15, 0.2) is 5.65 Å². The third-order valence-corrected chi connectivity index (χ3v) is 6.61. The largest absolute Gasteiger partial charge is 0.380 e. The predicted octanol–water partition coefficient (Wildman–Crippen LogP) is 3.98. The highest BCUT2D eigenvalue weighted by atomic mass is 16.5. The van der Waals surface area contributed by atoms with Gasteiger partial charge in [0.25, 0.3) is 0 Å². The number of anilines is 3. The lowest BCUT2D eigenvalue weighted by molar-refractivity contribution is -0.116. The Labute approximate surface area is 209 Å². The number of nitrogens with one attached hydrogen (secondary N) is 2. The molecule has 0 radical (unpaired) electrons. The number of rotatable bonds is 8. The lowest BCUT2D eigenvalue weighted by Crippen LogP contribution is -2.36. The molecule has 1 amide bonds. The van der Waals surface area contributed by atoms with E-state index < -0.39 is 0 Å². The van der Waals surface area contributed by atoms with E-state index in [-0.39, 0.29) is 5.91 Å². The van der Waals surface area contributed by atoms with Crippen LogP contribution in [-0.4, -0.2) is 51.8 Å². The first kappa shape index (κ1) is 22.5. The van der Waals surface area contributed by atoms with Crippen LogP contribution in [0.25, 0.3) is 16.9 Å². The van der Waals surface area contributed by atoms with Crippen molar-refractivity contribution in [3.63, 3.8) is 0 Å². The summed E-state index contributed by atoms with van der Waals surface area (Å²) in [6, 6.07) is 18.3. The molecule has 0 spiro atoms. The van der Waals surface area contributed by atoms with Gasteiger partial charge in [-0.3, -0.25) is 10.1 Å². The number of benzene rings is 1. The molecular formula is C27H29N7O2. The second-order valence-corrected chi connectivity index (χ2v) is 9.37. The van der Waals surface area contributed by atoms with Crippen LogP contribution < -0.4 is 15.5 Å². The maximum atomic E-state index is 12.2. The molecule has 2 fully saturated rings. The fourth-order valence-corrected chi connectivity index (χ4v) is 4.40. The zero-order valence-electron chi connectivity index (χ0n) is 20.1. The number of ether oxygens (including phenoxy) is 1. The molecule has 4 heterocycles. The van der Waals surface area contributed by atoms with Crippen LogP contribution in [0.5, 0.6) is 0 Å². The molecule has 0 unspecified atom stereocenters. The molecule has 1 aliphatic carbocycles. The SMILES string of the molecule is O=C(CC1CC1)Nc1nc2cccc(-c3ccc(CNc4ccc(N5CCOCC5)nc4)cc3)n2n1. The molecule has 1 saturated carbocycles. The fourth-order valence-electron chi connectivity index (χ4n) is 4.40. The summed E-state index contributed by atoms with van der Waals surface area (Å²) in [7, 11) is 0. The van der Waals surface area contributed by atoms with Gasteiger partial charge in [-0.05, 0) is 48.6 Å².